The summed E-state index contributed by atoms with van der Waals surface area (Å²) in [5.74, 6) is -0.149. The van der Waals surface area contributed by atoms with Crippen LogP contribution in [0.4, 0.5) is 0 Å². The van der Waals surface area contributed by atoms with Crippen LogP contribution < -0.4 is 0 Å². The molecule has 82 valence electrons. The van der Waals surface area contributed by atoms with Crippen LogP contribution in [0, 0.1) is 73.4 Å². The van der Waals surface area contributed by atoms with Crippen molar-refractivity contribution in [1.29, 1.82) is 21.0 Å². The van der Waals surface area contributed by atoms with Gasteiger partial charge in [-0.25, -0.2) is 0 Å². The number of nitriles is 4. The maximum Gasteiger partial charge on any atom is 0.179 e. The first kappa shape index (κ1) is 10.1. The maximum absolute atomic E-state index is 9.42. The summed E-state index contributed by atoms with van der Waals surface area (Å²) in [6.45, 7) is 0. The third-order valence-corrected chi connectivity index (χ3v) is 5.33. The summed E-state index contributed by atoms with van der Waals surface area (Å²) in [4.78, 5) is 0. The average Bonchev–Trinajstić information content (AvgIpc) is 3.04. The molecule has 4 heteroatoms. The van der Waals surface area contributed by atoms with Crippen molar-refractivity contribution < 1.29 is 0 Å². The fraction of sp³-hybridized carbons (Fsp3) is 0.692. The first-order valence-electron chi connectivity index (χ1n) is 5.82. The fourth-order valence-corrected chi connectivity index (χ4v) is 4.55. The van der Waals surface area contributed by atoms with E-state index >= 15 is 0 Å². The summed E-state index contributed by atoms with van der Waals surface area (Å²) >= 11 is 0. The Morgan fingerprint density at radius 3 is 1.29 bits per heavy atom. The van der Waals surface area contributed by atoms with Crippen molar-refractivity contribution in [2.24, 2.45) is 28.1 Å². The molecule has 0 radical (unpaired) electrons. The first-order valence-corrected chi connectivity index (χ1v) is 5.82. The largest absolute Gasteiger partial charge is 0.196 e. The Kier molecular flexibility index (Phi) is 1.56. The van der Waals surface area contributed by atoms with Gasteiger partial charge in [0.1, 0.15) is 0 Å². The maximum atomic E-state index is 9.42. The molecule has 4 nitrogen and oxygen atoms in total. The van der Waals surface area contributed by atoms with E-state index in [4.69, 9.17) is 0 Å². The monoisotopic (exact) mass is 222 g/mol. The quantitative estimate of drug-likeness (QED) is 0.625. The Morgan fingerprint density at radius 1 is 0.706 bits per heavy atom. The third-order valence-electron chi connectivity index (χ3n) is 5.33. The van der Waals surface area contributed by atoms with E-state index in [2.05, 4.69) is 0 Å². The van der Waals surface area contributed by atoms with E-state index in [1.807, 2.05) is 24.3 Å². The number of hydrogen-bond donors (Lipinski definition) is 0. The molecule has 0 aliphatic heterocycles. The van der Waals surface area contributed by atoms with Crippen LogP contribution in [0.15, 0.2) is 0 Å². The number of nitrogens with zero attached hydrogens (tertiary/aromatic N) is 4. The predicted molar refractivity (Wildman–Crippen MR) is 55.2 cm³/mol. The molecule has 0 aromatic rings. The molecule has 2 atom stereocenters. The van der Waals surface area contributed by atoms with E-state index in [0.29, 0.717) is 0 Å². The lowest BCUT2D eigenvalue weighted by atomic mass is 9.58. The van der Waals surface area contributed by atoms with Gasteiger partial charge < -0.3 is 0 Å². The minimum absolute atomic E-state index is 0.0447. The molecule has 0 heterocycles. The van der Waals surface area contributed by atoms with Crippen molar-refractivity contribution in [3.63, 3.8) is 0 Å². The Labute approximate surface area is 99.7 Å². The third kappa shape index (κ3) is 0.712. The zero-order valence-electron chi connectivity index (χ0n) is 9.27. The van der Waals surface area contributed by atoms with E-state index in [0.717, 1.165) is 25.7 Å². The van der Waals surface area contributed by atoms with Gasteiger partial charge in [-0.1, -0.05) is 0 Å². The van der Waals surface area contributed by atoms with E-state index in [1.165, 1.54) is 0 Å². The standard InChI is InChI=1S/C13H10N4/c14-5-12(6-15)9-1-2-10(11(9)3-4-11)13(12,7-16)8-17/h9-10H,1-4H2. The van der Waals surface area contributed by atoms with Gasteiger partial charge >= 0.3 is 0 Å². The average molecular weight is 222 g/mol. The van der Waals surface area contributed by atoms with E-state index in [9.17, 15) is 21.0 Å². The van der Waals surface area contributed by atoms with Crippen molar-refractivity contribution in [2.75, 3.05) is 0 Å². The van der Waals surface area contributed by atoms with Gasteiger partial charge in [-0.15, -0.1) is 0 Å². The van der Waals surface area contributed by atoms with E-state index in [-0.39, 0.29) is 17.3 Å². The molecule has 2 bridgehead atoms. The second-order valence-corrected chi connectivity index (χ2v) is 5.48. The Balaban J connectivity index is 2.31. The van der Waals surface area contributed by atoms with Crippen LogP contribution in [-0.4, -0.2) is 0 Å². The zero-order chi connectivity index (χ0) is 12.3. The highest BCUT2D eigenvalue weighted by atomic mass is 14.8. The van der Waals surface area contributed by atoms with Crippen LogP contribution in [0.3, 0.4) is 0 Å². The summed E-state index contributed by atoms with van der Waals surface area (Å²) in [7, 11) is 0. The van der Waals surface area contributed by atoms with Crippen molar-refractivity contribution in [3.05, 3.63) is 0 Å². The molecular weight excluding hydrogens is 212 g/mol. The number of rotatable bonds is 0. The molecule has 3 aliphatic rings. The second-order valence-electron chi connectivity index (χ2n) is 5.48. The van der Waals surface area contributed by atoms with Crippen LogP contribution in [0.2, 0.25) is 0 Å². The SMILES string of the molecule is N#CC1(C#N)C2CCC(C23CC3)C1(C#N)C#N. The topological polar surface area (TPSA) is 95.2 Å². The van der Waals surface area contributed by atoms with Crippen LogP contribution in [-0.2, 0) is 0 Å². The van der Waals surface area contributed by atoms with Gasteiger partial charge in [0.05, 0.1) is 24.3 Å². The van der Waals surface area contributed by atoms with Gasteiger partial charge in [0.2, 0.25) is 0 Å². The molecule has 3 rings (SSSR count). The Morgan fingerprint density at radius 2 is 1.06 bits per heavy atom. The first-order chi connectivity index (χ1) is 8.17. The minimum Gasteiger partial charge on any atom is -0.196 e. The molecule has 3 fully saturated rings. The highest BCUT2D eigenvalue weighted by Gasteiger charge is 2.82. The molecule has 17 heavy (non-hydrogen) atoms. The van der Waals surface area contributed by atoms with Gasteiger partial charge in [-0.05, 0) is 42.9 Å². The van der Waals surface area contributed by atoms with Crippen molar-refractivity contribution in [3.8, 4) is 24.3 Å². The highest BCUT2D eigenvalue weighted by molar-refractivity contribution is 5.46. The normalized spacial score (nSPS) is 36.5. The fourth-order valence-electron chi connectivity index (χ4n) is 4.55. The van der Waals surface area contributed by atoms with Gasteiger partial charge in [-0.3, -0.25) is 0 Å². The van der Waals surface area contributed by atoms with Crippen molar-refractivity contribution in [2.45, 2.75) is 25.7 Å². The summed E-state index contributed by atoms with van der Waals surface area (Å²) in [6.07, 6.45) is 3.57. The summed E-state index contributed by atoms with van der Waals surface area (Å²) in [6, 6.07) is 8.16. The predicted octanol–water partition coefficient (Wildman–Crippen LogP) is 1.87. The lowest BCUT2D eigenvalue weighted by Crippen LogP contribution is -2.43. The van der Waals surface area contributed by atoms with Gasteiger partial charge in [0.15, 0.2) is 10.8 Å². The second kappa shape index (κ2) is 2.61. The Bertz CT molecular complexity index is 482. The Hall–Kier alpha value is -2.04. The van der Waals surface area contributed by atoms with Crippen LogP contribution >= 0.6 is 0 Å². The summed E-state index contributed by atoms with van der Waals surface area (Å²) < 4.78 is 0. The van der Waals surface area contributed by atoms with E-state index < -0.39 is 10.8 Å². The molecule has 2 unspecified atom stereocenters. The highest BCUT2D eigenvalue weighted by Crippen LogP contribution is 2.81. The molecular formula is C13H10N4. The van der Waals surface area contributed by atoms with Gasteiger partial charge in [0.25, 0.3) is 0 Å². The summed E-state index contributed by atoms with van der Waals surface area (Å²) in [5.41, 5.74) is -2.86. The molecule has 0 N–H and O–H groups in total. The molecule has 3 saturated carbocycles. The molecule has 3 aliphatic carbocycles. The molecule has 0 amide bonds. The van der Waals surface area contributed by atoms with E-state index in [1.54, 1.807) is 0 Å². The lowest BCUT2D eigenvalue weighted by Gasteiger charge is -2.34. The van der Waals surface area contributed by atoms with Gasteiger partial charge in [-0.2, -0.15) is 21.0 Å². The van der Waals surface area contributed by atoms with Crippen molar-refractivity contribution >= 4 is 0 Å². The van der Waals surface area contributed by atoms with Gasteiger partial charge in [0, 0.05) is 0 Å². The van der Waals surface area contributed by atoms with Crippen molar-refractivity contribution in [1.82, 2.24) is 0 Å². The smallest absolute Gasteiger partial charge is 0.179 e. The summed E-state index contributed by atoms with van der Waals surface area (Å²) in [5, 5.41) is 37.7. The van der Waals surface area contributed by atoms with Crippen LogP contribution in [0.25, 0.3) is 0 Å². The lowest BCUT2D eigenvalue weighted by molar-refractivity contribution is 0.188. The number of hydrogen-bond acceptors (Lipinski definition) is 4. The molecule has 0 saturated heterocycles. The minimum atomic E-state index is -1.41. The van der Waals surface area contributed by atoms with Crippen LogP contribution in [0.5, 0.6) is 0 Å². The van der Waals surface area contributed by atoms with Crippen LogP contribution in [0.1, 0.15) is 25.7 Å². The molecule has 0 aromatic carbocycles. The molecule has 0 aromatic heterocycles. The molecule has 1 spiro atoms. The zero-order valence-corrected chi connectivity index (χ0v) is 9.27.